The predicted molar refractivity (Wildman–Crippen MR) is 63.5 cm³/mol. The molecule has 3 heteroatoms. The third kappa shape index (κ3) is 3.22. The second-order valence-electron chi connectivity index (χ2n) is 3.74. The van der Waals surface area contributed by atoms with Crippen molar-refractivity contribution in [3.8, 4) is 0 Å². The number of rotatable bonds is 5. The van der Waals surface area contributed by atoms with Crippen LogP contribution in [0, 0.1) is 0 Å². The molecular weight excluding hydrogens is 200 g/mol. The summed E-state index contributed by atoms with van der Waals surface area (Å²) in [5.74, 6) is 0. The smallest absolute Gasteiger partial charge is 0.0935 e. The van der Waals surface area contributed by atoms with Gasteiger partial charge in [0, 0.05) is 18.9 Å². The lowest BCUT2D eigenvalue weighted by Gasteiger charge is -2.15. The Balaban J connectivity index is 1.78. The molecule has 0 unspecified atom stereocenters. The van der Waals surface area contributed by atoms with E-state index in [4.69, 9.17) is 4.84 Å². The highest BCUT2D eigenvalue weighted by molar-refractivity contribution is 5.13. The maximum atomic E-state index is 5.61. The Hall–Kier alpha value is -1.58. The van der Waals surface area contributed by atoms with E-state index in [1.165, 1.54) is 5.56 Å². The number of hydrogen-bond donors (Lipinski definition) is 1. The maximum absolute atomic E-state index is 5.61. The topological polar surface area (TPSA) is 28.3 Å². The van der Waals surface area contributed by atoms with E-state index in [0.717, 1.165) is 12.2 Å². The summed E-state index contributed by atoms with van der Waals surface area (Å²) in [5, 5.41) is 1.83. The standard InChI is InChI=1S/C13H16N2O/c1-15(10-13-8-5-9-14-13)16-11-12-6-3-2-4-7-12/h2-9,14H,10-11H2,1H3. The number of benzene rings is 1. The Labute approximate surface area is 95.6 Å². The highest BCUT2D eigenvalue weighted by Crippen LogP contribution is 2.04. The zero-order valence-corrected chi connectivity index (χ0v) is 9.39. The minimum absolute atomic E-state index is 0.609. The normalized spacial score (nSPS) is 10.9. The molecule has 0 aliphatic carbocycles. The van der Waals surface area contributed by atoms with Gasteiger partial charge in [0.15, 0.2) is 0 Å². The van der Waals surface area contributed by atoms with Crippen LogP contribution in [0.3, 0.4) is 0 Å². The summed E-state index contributed by atoms with van der Waals surface area (Å²) < 4.78 is 0. The molecule has 84 valence electrons. The van der Waals surface area contributed by atoms with E-state index in [2.05, 4.69) is 17.1 Å². The van der Waals surface area contributed by atoms with E-state index in [1.54, 1.807) is 0 Å². The van der Waals surface area contributed by atoms with Gasteiger partial charge in [-0.2, -0.15) is 5.06 Å². The number of nitrogens with zero attached hydrogens (tertiary/aromatic N) is 1. The van der Waals surface area contributed by atoms with Gasteiger partial charge < -0.3 is 4.98 Å². The van der Waals surface area contributed by atoms with Crippen LogP contribution in [0.15, 0.2) is 48.7 Å². The van der Waals surface area contributed by atoms with Crippen LogP contribution in [-0.4, -0.2) is 17.1 Å². The van der Waals surface area contributed by atoms with Gasteiger partial charge in [0.1, 0.15) is 0 Å². The van der Waals surface area contributed by atoms with Crippen molar-refractivity contribution in [1.29, 1.82) is 0 Å². The van der Waals surface area contributed by atoms with Gasteiger partial charge in [-0.15, -0.1) is 0 Å². The van der Waals surface area contributed by atoms with Crippen LogP contribution >= 0.6 is 0 Å². The van der Waals surface area contributed by atoms with Crippen LogP contribution in [0.5, 0.6) is 0 Å². The summed E-state index contributed by atoms with van der Waals surface area (Å²) in [5.41, 5.74) is 2.33. The van der Waals surface area contributed by atoms with Gasteiger partial charge in [-0.25, -0.2) is 0 Å². The number of H-pyrrole nitrogens is 1. The summed E-state index contributed by atoms with van der Waals surface area (Å²) in [4.78, 5) is 8.76. The van der Waals surface area contributed by atoms with Crippen molar-refractivity contribution in [2.75, 3.05) is 7.05 Å². The lowest BCUT2D eigenvalue weighted by atomic mass is 10.2. The fourth-order valence-electron chi connectivity index (χ4n) is 1.51. The molecule has 1 aromatic carbocycles. The minimum Gasteiger partial charge on any atom is -0.364 e. The minimum atomic E-state index is 0.609. The fraction of sp³-hybridized carbons (Fsp3) is 0.231. The molecule has 0 bridgehead atoms. The van der Waals surface area contributed by atoms with Crippen molar-refractivity contribution >= 4 is 0 Å². The summed E-state index contributed by atoms with van der Waals surface area (Å²) >= 11 is 0. The quantitative estimate of drug-likeness (QED) is 0.778. The molecule has 0 atom stereocenters. The van der Waals surface area contributed by atoms with Gasteiger partial charge in [-0.05, 0) is 17.7 Å². The van der Waals surface area contributed by atoms with E-state index in [0.29, 0.717) is 6.61 Å². The van der Waals surface area contributed by atoms with Crippen LogP contribution in [0.2, 0.25) is 0 Å². The van der Waals surface area contributed by atoms with Gasteiger partial charge in [0.05, 0.1) is 13.2 Å². The first kappa shape index (κ1) is 10.9. The lowest BCUT2D eigenvalue weighted by Crippen LogP contribution is -2.18. The number of hydroxylamine groups is 2. The summed E-state index contributed by atoms with van der Waals surface area (Å²) in [6.07, 6.45) is 1.92. The number of nitrogens with one attached hydrogen (secondary N) is 1. The third-order valence-electron chi connectivity index (χ3n) is 2.35. The molecule has 0 spiro atoms. The second-order valence-corrected chi connectivity index (χ2v) is 3.74. The van der Waals surface area contributed by atoms with Gasteiger partial charge in [-0.3, -0.25) is 4.84 Å². The molecule has 1 heterocycles. The molecule has 1 N–H and O–H groups in total. The van der Waals surface area contributed by atoms with Crippen molar-refractivity contribution in [3.05, 3.63) is 59.9 Å². The summed E-state index contributed by atoms with van der Waals surface area (Å²) in [6, 6.07) is 14.2. The van der Waals surface area contributed by atoms with Crippen molar-refractivity contribution in [3.63, 3.8) is 0 Å². The molecule has 0 fully saturated rings. The van der Waals surface area contributed by atoms with E-state index < -0.39 is 0 Å². The predicted octanol–water partition coefficient (Wildman–Crippen LogP) is 2.58. The van der Waals surface area contributed by atoms with Crippen LogP contribution in [0.25, 0.3) is 0 Å². The molecule has 1 aromatic heterocycles. The molecule has 0 aliphatic rings. The Morgan fingerprint density at radius 2 is 1.94 bits per heavy atom. The highest BCUT2D eigenvalue weighted by Gasteiger charge is 2.01. The van der Waals surface area contributed by atoms with Gasteiger partial charge in [0.25, 0.3) is 0 Å². The van der Waals surface area contributed by atoms with Gasteiger partial charge in [0.2, 0.25) is 0 Å². The molecule has 2 rings (SSSR count). The molecule has 0 radical (unpaired) electrons. The monoisotopic (exact) mass is 216 g/mol. The van der Waals surface area contributed by atoms with E-state index in [9.17, 15) is 0 Å². The zero-order chi connectivity index (χ0) is 11.2. The van der Waals surface area contributed by atoms with Crippen LogP contribution in [0.1, 0.15) is 11.3 Å². The summed E-state index contributed by atoms with van der Waals surface area (Å²) in [6.45, 7) is 1.37. The lowest BCUT2D eigenvalue weighted by molar-refractivity contribution is -0.158. The van der Waals surface area contributed by atoms with Crippen molar-refractivity contribution in [2.45, 2.75) is 13.2 Å². The summed E-state index contributed by atoms with van der Waals surface area (Å²) in [7, 11) is 1.93. The van der Waals surface area contributed by atoms with Gasteiger partial charge >= 0.3 is 0 Å². The molecule has 0 aliphatic heterocycles. The molecular formula is C13H16N2O. The number of aromatic nitrogens is 1. The first-order valence-corrected chi connectivity index (χ1v) is 5.35. The molecule has 0 saturated heterocycles. The van der Waals surface area contributed by atoms with Crippen LogP contribution < -0.4 is 0 Å². The SMILES string of the molecule is CN(Cc1ccc[nH]1)OCc1ccccc1. The first-order chi connectivity index (χ1) is 7.84. The Kier molecular flexibility index (Phi) is 3.75. The molecule has 0 amide bonds. The molecule has 0 saturated carbocycles. The van der Waals surface area contributed by atoms with Crippen molar-refractivity contribution in [2.24, 2.45) is 0 Å². The molecule has 16 heavy (non-hydrogen) atoms. The fourth-order valence-corrected chi connectivity index (χ4v) is 1.51. The third-order valence-corrected chi connectivity index (χ3v) is 2.35. The van der Waals surface area contributed by atoms with E-state index in [-0.39, 0.29) is 0 Å². The highest BCUT2D eigenvalue weighted by atomic mass is 16.7. The average molecular weight is 216 g/mol. The largest absolute Gasteiger partial charge is 0.364 e. The second kappa shape index (κ2) is 5.49. The van der Waals surface area contributed by atoms with E-state index in [1.807, 2.05) is 48.6 Å². The zero-order valence-electron chi connectivity index (χ0n) is 9.39. The molecule has 3 nitrogen and oxygen atoms in total. The van der Waals surface area contributed by atoms with Gasteiger partial charge in [-0.1, -0.05) is 30.3 Å². The van der Waals surface area contributed by atoms with E-state index >= 15 is 0 Å². The van der Waals surface area contributed by atoms with Crippen molar-refractivity contribution < 1.29 is 4.84 Å². The average Bonchev–Trinajstić information content (AvgIpc) is 2.81. The Bertz CT molecular complexity index is 397. The maximum Gasteiger partial charge on any atom is 0.0935 e. The van der Waals surface area contributed by atoms with Crippen molar-refractivity contribution in [1.82, 2.24) is 10.0 Å². The Morgan fingerprint density at radius 3 is 2.62 bits per heavy atom. The number of hydrogen-bond acceptors (Lipinski definition) is 2. The first-order valence-electron chi connectivity index (χ1n) is 5.35. The van der Waals surface area contributed by atoms with Crippen LogP contribution in [0.4, 0.5) is 0 Å². The van der Waals surface area contributed by atoms with Crippen LogP contribution in [-0.2, 0) is 18.0 Å². The molecule has 2 aromatic rings. The Morgan fingerprint density at radius 1 is 1.12 bits per heavy atom. The number of aromatic amines is 1.